The van der Waals surface area contributed by atoms with Gasteiger partial charge in [0.15, 0.2) is 0 Å². The number of aromatic nitrogens is 1. The SMILES string of the molecule is CC(C)Oc1ccc(NCc2cccc(C(=O)O)n2)cc1. The first-order valence-corrected chi connectivity index (χ1v) is 6.74. The zero-order chi connectivity index (χ0) is 15.2. The highest BCUT2D eigenvalue weighted by Gasteiger charge is 2.05. The van der Waals surface area contributed by atoms with E-state index in [1.807, 2.05) is 38.1 Å². The molecular formula is C16H18N2O3. The van der Waals surface area contributed by atoms with Crippen molar-refractivity contribution in [2.75, 3.05) is 5.32 Å². The number of ether oxygens (including phenoxy) is 1. The molecule has 0 aliphatic rings. The van der Waals surface area contributed by atoms with E-state index in [-0.39, 0.29) is 11.8 Å². The van der Waals surface area contributed by atoms with Crippen LogP contribution in [0.4, 0.5) is 5.69 Å². The van der Waals surface area contributed by atoms with E-state index in [4.69, 9.17) is 9.84 Å². The second kappa shape index (κ2) is 6.74. The van der Waals surface area contributed by atoms with Crippen LogP contribution in [0.5, 0.6) is 5.75 Å². The highest BCUT2D eigenvalue weighted by atomic mass is 16.5. The van der Waals surface area contributed by atoms with Crippen molar-refractivity contribution in [3.8, 4) is 5.75 Å². The summed E-state index contributed by atoms with van der Waals surface area (Å²) in [4.78, 5) is 14.9. The number of carboxylic acids is 1. The first-order chi connectivity index (χ1) is 10.0. The maximum atomic E-state index is 10.9. The number of benzene rings is 1. The molecule has 2 rings (SSSR count). The lowest BCUT2D eigenvalue weighted by Crippen LogP contribution is -2.07. The Morgan fingerprint density at radius 2 is 1.95 bits per heavy atom. The molecule has 110 valence electrons. The minimum absolute atomic E-state index is 0.0509. The van der Waals surface area contributed by atoms with Crippen molar-refractivity contribution in [3.63, 3.8) is 0 Å². The number of pyridine rings is 1. The van der Waals surface area contributed by atoms with Gasteiger partial charge in [0.05, 0.1) is 18.3 Å². The number of carboxylic acid groups (broad SMARTS) is 1. The van der Waals surface area contributed by atoms with E-state index >= 15 is 0 Å². The summed E-state index contributed by atoms with van der Waals surface area (Å²) in [5, 5.41) is 12.1. The molecule has 5 heteroatoms. The lowest BCUT2D eigenvalue weighted by Gasteiger charge is -2.11. The number of aromatic carboxylic acids is 1. The van der Waals surface area contributed by atoms with Crippen molar-refractivity contribution < 1.29 is 14.6 Å². The van der Waals surface area contributed by atoms with Crippen LogP contribution in [-0.4, -0.2) is 22.2 Å². The summed E-state index contributed by atoms with van der Waals surface area (Å²) < 4.78 is 5.57. The van der Waals surface area contributed by atoms with Gasteiger partial charge in [-0.15, -0.1) is 0 Å². The summed E-state index contributed by atoms with van der Waals surface area (Å²) in [5.74, 6) is -0.200. The predicted molar refractivity (Wildman–Crippen MR) is 80.7 cm³/mol. The number of nitrogens with zero attached hydrogens (tertiary/aromatic N) is 1. The Morgan fingerprint density at radius 1 is 1.24 bits per heavy atom. The quantitative estimate of drug-likeness (QED) is 0.853. The van der Waals surface area contributed by atoms with Gasteiger partial charge in [-0.3, -0.25) is 0 Å². The lowest BCUT2D eigenvalue weighted by molar-refractivity contribution is 0.0690. The normalized spacial score (nSPS) is 10.4. The Labute approximate surface area is 123 Å². The molecular weight excluding hydrogens is 268 g/mol. The number of anilines is 1. The molecule has 1 aromatic heterocycles. The summed E-state index contributed by atoms with van der Waals surface area (Å²) in [6.07, 6.45) is 0.145. The van der Waals surface area contributed by atoms with Crippen LogP contribution in [0.3, 0.4) is 0 Å². The van der Waals surface area contributed by atoms with Crippen LogP contribution in [0, 0.1) is 0 Å². The molecule has 1 heterocycles. The fourth-order valence-corrected chi connectivity index (χ4v) is 1.81. The Bertz CT molecular complexity index is 609. The number of nitrogens with one attached hydrogen (secondary N) is 1. The Balaban J connectivity index is 1.96. The van der Waals surface area contributed by atoms with E-state index in [9.17, 15) is 4.79 Å². The van der Waals surface area contributed by atoms with Gasteiger partial charge in [-0.1, -0.05) is 6.07 Å². The molecule has 21 heavy (non-hydrogen) atoms. The molecule has 2 N–H and O–H groups in total. The number of hydrogen-bond acceptors (Lipinski definition) is 4. The van der Waals surface area contributed by atoms with Gasteiger partial charge < -0.3 is 15.2 Å². The van der Waals surface area contributed by atoms with Crippen molar-refractivity contribution in [1.29, 1.82) is 0 Å². The average molecular weight is 286 g/mol. The van der Waals surface area contributed by atoms with Crippen LogP contribution in [0.15, 0.2) is 42.5 Å². The van der Waals surface area contributed by atoms with E-state index in [1.165, 1.54) is 6.07 Å². The van der Waals surface area contributed by atoms with Gasteiger partial charge in [-0.25, -0.2) is 9.78 Å². The van der Waals surface area contributed by atoms with Gasteiger partial charge in [0.2, 0.25) is 0 Å². The van der Waals surface area contributed by atoms with Crippen molar-refractivity contribution in [1.82, 2.24) is 4.98 Å². The maximum Gasteiger partial charge on any atom is 0.354 e. The summed E-state index contributed by atoms with van der Waals surface area (Å²) >= 11 is 0. The third kappa shape index (κ3) is 4.49. The van der Waals surface area contributed by atoms with Crippen molar-refractivity contribution >= 4 is 11.7 Å². The molecule has 0 fully saturated rings. The largest absolute Gasteiger partial charge is 0.491 e. The highest BCUT2D eigenvalue weighted by Crippen LogP contribution is 2.17. The molecule has 0 bridgehead atoms. The molecule has 0 saturated heterocycles. The number of hydrogen-bond donors (Lipinski definition) is 2. The first-order valence-electron chi connectivity index (χ1n) is 6.74. The Hall–Kier alpha value is -2.56. The van der Waals surface area contributed by atoms with Crippen molar-refractivity contribution in [3.05, 3.63) is 53.9 Å². The molecule has 0 saturated carbocycles. The predicted octanol–water partition coefficient (Wildman–Crippen LogP) is 3.18. The van der Waals surface area contributed by atoms with E-state index in [0.29, 0.717) is 12.2 Å². The lowest BCUT2D eigenvalue weighted by atomic mass is 10.2. The topological polar surface area (TPSA) is 71.5 Å². The van der Waals surface area contributed by atoms with Crippen LogP contribution in [0.25, 0.3) is 0 Å². The van der Waals surface area contributed by atoms with Gasteiger partial charge in [0.25, 0.3) is 0 Å². The van der Waals surface area contributed by atoms with E-state index in [1.54, 1.807) is 12.1 Å². The summed E-state index contributed by atoms with van der Waals surface area (Å²) in [6.45, 7) is 4.42. The molecule has 1 aromatic carbocycles. The smallest absolute Gasteiger partial charge is 0.354 e. The van der Waals surface area contributed by atoms with Crippen molar-refractivity contribution in [2.45, 2.75) is 26.5 Å². The van der Waals surface area contributed by atoms with Gasteiger partial charge in [0, 0.05) is 5.69 Å². The minimum Gasteiger partial charge on any atom is -0.491 e. The van der Waals surface area contributed by atoms with Crippen LogP contribution in [0.2, 0.25) is 0 Å². The van der Waals surface area contributed by atoms with E-state index < -0.39 is 5.97 Å². The van der Waals surface area contributed by atoms with Crippen LogP contribution in [0.1, 0.15) is 30.0 Å². The monoisotopic (exact) mass is 286 g/mol. The molecule has 0 unspecified atom stereocenters. The Kier molecular flexibility index (Phi) is 4.77. The zero-order valence-electron chi connectivity index (χ0n) is 12.0. The first kappa shape index (κ1) is 14.8. The third-order valence-electron chi connectivity index (χ3n) is 2.73. The standard InChI is InChI=1S/C16H18N2O3/c1-11(2)21-14-8-6-12(7-9-14)17-10-13-4-3-5-15(18-13)16(19)20/h3-9,11,17H,10H2,1-2H3,(H,19,20). The fraction of sp³-hybridized carbons (Fsp3) is 0.250. The van der Waals surface area contributed by atoms with Crippen LogP contribution < -0.4 is 10.1 Å². The average Bonchev–Trinajstić information content (AvgIpc) is 2.46. The van der Waals surface area contributed by atoms with Gasteiger partial charge in [-0.05, 0) is 50.2 Å². The molecule has 0 atom stereocenters. The molecule has 2 aromatic rings. The second-order valence-electron chi connectivity index (χ2n) is 4.86. The van der Waals surface area contributed by atoms with Gasteiger partial charge in [0.1, 0.15) is 11.4 Å². The number of rotatable bonds is 6. The van der Waals surface area contributed by atoms with Gasteiger partial charge in [-0.2, -0.15) is 0 Å². The van der Waals surface area contributed by atoms with Crippen molar-refractivity contribution in [2.24, 2.45) is 0 Å². The van der Waals surface area contributed by atoms with Gasteiger partial charge >= 0.3 is 5.97 Å². The molecule has 0 aliphatic heterocycles. The second-order valence-corrected chi connectivity index (χ2v) is 4.86. The highest BCUT2D eigenvalue weighted by molar-refractivity contribution is 5.85. The third-order valence-corrected chi connectivity index (χ3v) is 2.73. The minimum atomic E-state index is -1.02. The van der Waals surface area contributed by atoms with Crippen LogP contribution in [-0.2, 0) is 6.54 Å². The van der Waals surface area contributed by atoms with Crippen LogP contribution >= 0.6 is 0 Å². The van der Waals surface area contributed by atoms with E-state index in [0.717, 1.165) is 11.4 Å². The molecule has 0 radical (unpaired) electrons. The molecule has 0 spiro atoms. The summed E-state index contributed by atoms with van der Waals surface area (Å²) in [5.41, 5.74) is 1.65. The fourth-order valence-electron chi connectivity index (χ4n) is 1.81. The number of carbonyl (C=O) groups is 1. The molecule has 5 nitrogen and oxygen atoms in total. The van der Waals surface area contributed by atoms with E-state index in [2.05, 4.69) is 10.3 Å². The molecule has 0 amide bonds. The summed E-state index contributed by atoms with van der Waals surface area (Å²) in [7, 11) is 0. The molecule has 0 aliphatic carbocycles. The summed E-state index contributed by atoms with van der Waals surface area (Å²) in [6, 6.07) is 12.6. The Morgan fingerprint density at radius 3 is 2.57 bits per heavy atom. The maximum absolute atomic E-state index is 10.9. The zero-order valence-corrected chi connectivity index (χ0v) is 12.0.